The van der Waals surface area contributed by atoms with E-state index in [4.69, 9.17) is 17.3 Å². The summed E-state index contributed by atoms with van der Waals surface area (Å²) < 4.78 is 41.5. The van der Waals surface area contributed by atoms with Crippen LogP contribution in [-0.4, -0.2) is 90.7 Å². The Labute approximate surface area is 275 Å². The fourth-order valence-electron chi connectivity index (χ4n) is 5.52. The molecule has 18 heteroatoms. The van der Waals surface area contributed by atoms with Crippen molar-refractivity contribution >= 4 is 35.0 Å². The van der Waals surface area contributed by atoms with E-state index >= 15 is 0 Å². The number of β-amino-alcohol motifs (C(OH)–C–C–N with tert-alkyl or cyclic N) is 1. The summed E-state index contributed by atoms with van der Waals surface area (Å²) in [6, 6.07) is 6.66. The van der Waals surface area contributed by atoms with Crippen molar-refractivity contribution in [1.82, 2.24) is 46.0 Å². The first-order chi connectivity index (χ1) is 22.8. The fourth-order valence-corrected chi connectivity index (χ4v) is 5.80. The summed E-state index contributed by atoms with van der Waals surface area (Å²) in [4.78, 5) is 50.7. The number of carbonyl (C=O) groups excluding carboxylic acids is 3. The predicted molar refractivity (Wildman–Crippen MR) is 166 cm³/mol. The number of aromatic amines is 2. The van der Waals surface area contributed by atoms with Crippen LogP contribution in [-0.2, 0) is 17.5 Å². The van der Waals surface area contributed by atoms with Crippen LogP contribution in [0.15, 0.2) is 42.7 Å². The Balaban J connectivity index is 1.08. The number of nitrogens with zero attached hydrogens (tertiary/aromatic N) is 4. The summed E-state index contributed by atoms with van der Waals surface area (Å²) in [6.45, 7) is 0.329. The topological polar surface area (TPSA) is 207 Å². The highest BCUT2D eigenvalue weighted by molar-refractivity contribution is 6.33. The highest BCUT2D eigenvalue weighted by Gasteiger charge is 2.45. The second kappa shape index (κ2) is 12.9. The molecule has 48 heavy (non-hydrogen) atoms. The minimum absolute atomic E-state index is 0.0281. The van der Waals surface area contributed by atoms with Gasteiger partial charge in [-0.1, -0.05) is 17.7 Å². The van der Waals surface area contributed by atoms with Gasteiger partial charge in [-0.15, -0.1) is 0 Å². The summed E-state index contributed by atoms with van der Waals surface area (Å²) >= 11 is 6.44. The van der Waals surface area contributed by atoms with Crippen LogP contribution in [0.1, 0.15) is 45.1 Å². The molecule has 4 heterocycles. The maximum Gasteiger partial charge on any atom is 0.433 e. The number of pyridine rings is 1. The van der Waals surface area contributed by atoms with E-state index in [0.29, 0.717) is 30.6 Å². The molecular formula is C30H30ClF3N10O4. The van der Waals surface area contributed by atoms with Crippen LogP contribution in [0.25, 0.3) is 22.6 Å². The van der Waals surface area contributed by atoms with Gasteiger partial charge in [0.2, 0.25) is 5.91 Å². The van der Waals surface area contributed by atoms with E-state index in [1.165, 1.54) is 35.4 Å². The molecule has 0 radical (unpaired) electrons. The van der Waals surface area contributed by atoms with Crippen molar-refractivity contribution in [2.24, 2.45) is 0 Å². The highest BCUT2D eigenvalue weighted by atomic mass is 35.5. The van der Waals surface area contributed by atoms with Gasteiger partial charge in [0.1, 0.15) is 11.4 Å². The SMILES string of the molecule is CN(C(=O)c1ccc(CNC(=O)c2ncc(-c3c(-c4ccc(N)cn4)n[nH]c3C(F)(F)F)[nH]2)cc1Cl)C1CC1NC(=O)[C@@H]1C[C@@H](O)CN1. The van der Waals surface area contributed by atoms with Crippen LogP contribution in [0.4, 0.5) is 18.9 Å². The molecule has 1 aliphatic carbocycles. The summed E-state index contributed by atoms with van der Waals surface area (Å²) in [5.41, 5.74) is 5.13. The molecule has 252 valence electrons. The Kier molecular flexibility index (Phi) is 8.84. The Morgan fingerprint density at radius 1 is 1.15 bits per heavy atom. The normalized spacial score (nSPS) is 20.4. The quantitative estimate of drug-likeness (QED) is 0.137. The van der Waals surface area contributed by atoms with Gasteiger partial charge < -0.3 is 36.7 Å². The number of rotatable bonds is 9. The van der Waals surface area contributed by atoms with Gasteiger partial charge in [-0.2, -0.15) is 18.3 Å². The van der Waals surface area contributed by atoms with Gasteiger partial charge in [0.05, 0.1) is 69.8 Å². The largest absolute Gasteiger partial charge is 0.433 e. The summed E-state index contributed by atoms with van der Waals surface area (Å²) in [5, 5.41) is 24.1. The number of nitrogen functional groups attached to an aromatic ring is 1. The molecule has 4 aromatic rings. The molecular weight excluding hydrogens is 657 g/mol. The van der Waals surface area contributed by atoms with Crippen molar-refractivity contribution in [2.75, 3.05) is 19.3 Å². The van der Waals surface area contributed by atoms with Crippen molar-refractivity contribution in [2.45, 2.75) is 49.8 Å². The molecule has 1 saturated heterocycles. The van der Waals surface area contributed by atoms with Crippen LogP contribution in [0.3, 0.4) is 0 Å². The highest BCUT2D eigenvalue weighted by Crippen LogP contribution is 2.40. The number of hydrogen-bond donors (Lipinski definition) is 7. The number of aromatic nitrogens is 5. The summed E-state index contributed by atoms with van der Waals surface area (Å²) in [7, 11) is 1.62. The maximum absolute atomic E-state index is 13.8. The van der Waals surface area contributed by atoms with Crippen LogP contribution < -0.4 is 21.7 Å². The number of halogens is 4. The number of imidazole rings is 1. The zero-order valence-corrected chi connectivity index (χ0v) is 26.0. The lowest BCUT2D eigenvalue weighted by Crippen LogP contribution is -2.43. The molecule has 3 amide bonds. The molecule has 3 aromatic heterocycles. The average molecular weight is 687 g/mol. The number of nitrogens with two attached hydrogens (primary N) is 1. The third-order valence-corrected chi connectivity index (χ3v) is 8.50. The van der Waals surface area contributed by atoms with Crippen molar-refractivity contribution < 1.29 is 32.7 Å². The molecule has 4 atom stereocenters. The van der Waals surface area contributed by atoms with Crippen LogP contribution in [0.2, 0.25) is 5.02 Å². The standard InChI is InChI=1S/C30H30ClF3N10O4/c1-44(22-8-19(22)41-27(46)20-7-15(45)11-37-20)29(48)16-4-2-13(6-17(16)31)9-39-28(47)26-38-12-21(40-26)23-24(18-5-3-14(35)10-36-18)42-43-25(23)30(32,33)34/h2-6,10,12,15,19-20,22,37,45H,7-9,11,35H2,1H3,(H,38,40)(H,39,47)(H,41,46)(H,42,43)/t15-,19?,20+,22?/m1/s1. The van der Waals surface area contributed by atoms with Gasteiger partial charge in [0.25, 0.3) is 11.8 Å². The van der Waals surface area contributed by atoms with E-state index in [2.05, 4.69) is 36.0 Å². The van der Waals surface area contributed by atoms with Crippen LogP contribution in [0.5, 0.6) is 0 Å². The third kappa shape index (κ3) is 6.83. The van der Waals surface area contributed by atoms with Crippen molar-refractivity contribution in [3.05, 3.63) is 70.4 Å². The Bertz CT molecular complexity index is 1860. The van der Waals surface area contributed by atoms with Gasteiger partial charge >= 0.3 is 6.18 Å². The van der Waals surface area contributed by atoms with Gasteiger partial charge in [-0.05, 0) is 42.7 Å². The smallest absolute Gasteiger partial charge is 0.397 e. The number of benzene rings is 1. The molecule has 2 aliphatic rings. The molecule has 8 N–H and O–H groups in total. The van der Waals surface area contributed by atoms with E-state index < -0.39 is 29.9 Å². The second-order valence-electron chi connectivity index (χ2n) is 11.6. The molecule has 0 spiro atoms. The Morgan fingerprint density at radius 3 is 2.60 bits per heavy atom. The first-order valence-corrected chi connectivity index (χ1v) is 15.2. The first kappa shape index (κ1) is 32.9. The first-order valence-electron chi connectivity index (χ1n) is 14.8. The van der Waals surface area contributed by atoms with Crippen LogP contribution >= 0.6 is 11.6 Å². The van der Waals surface area contributed by atoms with E-state index in [1.807, 2.05) is 5.10 Å². The van der Waals surface area contributed by atoms with Crippen molar-refractivity contribution in [3.63, 3.8) is 0 Å². The number of nitrogens with one attached hydrogen (secondary N) is 5. The van der Waals surface area contributed by atoms with Crippen LogP contribution in [0, 0.1) is 0 Å². The fraction of sp³-hybridized carbons (Fsp3) is 0.333. The molecule has 1 aromatic carbocycles. The lowest BCUT2D eigenvalue weighted by molar-refractivity contribution is -0.140. The van der Waals surface area contributed by atoms with Gasteiger partial charge in [-0.25, -0.2) is 4.98 Å². The molecule has 2 fully saturated rings. The number of aliphatic hydroxyl groups excluding tert-OH is 1. The number of aliphatic hydroxyl groups is 1. The molecule has 14 nitrogen and oxygen atoms in total. The number of alkyl halides is 3. The lowest BCUT2D eigenvalue weighted by atomic mass is 10.1. The molecule has 1 saturated carbocycles. The average Bonchev–Trinajstić information content (AvgIpc) is 3.41. The lowest BCUT2D eigenvalue weighted by Gasteiger charge is -2.19. The zero-order chi connectivity index (χ0) is 34.3. The number of likely N-dealkylation sites (N-methyl/N-ethyl adjacent to an activating group) is 1. The van der Waals surface area contributed by atoms with E-state index in [0.717, 1.165) is 6.20 Å². The molecule has 2 unspecified atom stereocenters. The van der Waals surface area contributed by atoms with E-state index in [-0.39, 0.29) is 69.5 Å². The van der Waals surface area contributed by atoms with Gasteiger partial charge in [0.15, 0.2) is 5.82 Å². The second-order valence-corrected chi connectivity index (χ2v) is 12.0. The predicted octanol–water partition coefficient (Wildman–Crippen LogP) is 2.10. The minimum Gasteiger partial charge on any atom is -0.397 e. The third-order valence-electron chi connectivity index (χ3n) is 8.18. The van der Waals surface area contributed by atoms with Crippen molar-refractivity contribution in [3.8, 4) is 22.6 Å². The van der Waals surface area contributed by atoms with Crippen molar-refractivity contribution in [1.29, 1.82) is 0 Å². The van der Waals surface area contributed by atoms with E-state index in [9.17, 15) is 32.7 Å². The van der Waals surface area contributed by atoms with Gasteiger partial charge in [0, 0.05) is 20.1 Å². The summed E-state index contributed by atoms with van der Waals surface area (Å²) in [6.07, 6.45) is -2.06. The molecule has 1 aliphatic heterocycles. The Hall–Kier alpha value is -5.00. The molecule has 0 bridgehead atoms. The number of H-pyrrole nitrogens is 2. The number of anilines is 1. The zero-order valence-electron chi connectivity index (χ0n) is 25.2. The maximum atomic E-state index is 13.8. The molecule has 6 rings (SSSR count). The minimum atomic E-state index is -4.79. The number of amides is 3. The van der Waals surface area contributed by atoms with E-state index in [1.54, 1.807) is 13.1 Å². The summed E-state index contributed by atoms with van der Waals surface area (Å²) in [5.74, 6) is -1.52. The Morgan fingerprint density at radius 2 is 1.94 bits per heavy atom. The van der Waals surface area contributed by atoms with Gasteiger partial charge in [-0.3, -0.25) is 24.5 Å². The monoisotopic (exact) mass is 686 g/mol. The number of hydrogen-bond acceptors (Lipinski definition) is 9. The number of carbonyl (C=O) groups is 3.